The van der Waals surface area contributed by atoms with Crippen molar-refractivity contribution in [1.82, 2.24) is 15.0 Å². The average molecular weight is 732 g/mol. The summed E-state index contributed by atoms with van der Waals surface area (Å²) in [6.45, 7) is 21.8. The van der Waals surface area contributed by atoms with Gasteiger partial charge in [-0.2, -0.15) is 0 Å². The predicted molar refractivity (Wildman–Crippen MR) is 202 cm³/mol. The van der Waals surface area contributed by atoms with E-state index in [1.54, 1.807) is 55.4 Å². The zero-order valence-electron chi connectivity index (χ0n) is 33.1. The number of aromatic amines is 3. The summed E-state index contributed by atoms with van der Waals surface area (Å²) in [6.07, 6.45) is 1.71. The molecule has 0 amide bonds. The highest BCUT2D eigenvalue weighted by Crippen LogP contribution is 2.32. The monoisotopic (exact) mass is 731 g/mol. The van der Waals surface area contributed by atoms with Crippen LogP contribution in [0.3, 0.4) is 0 Å². The number of nitrogens with one attached hydrogen (secondary N) is 3. The van der Waals surface area contributed by atoms with Gasteiger partial charge < -0.3 is 33.9 Å². The van der Waals surface area contributed by atoms with Gasteiger partial charge in [0.2, 0.25) is 5.43 Å². The molecule has 0 atom stereocenters. The molecule has 3 aromatic heterocycles. The van der Waals surface area contributed by atoms with Crippen molar-refractivity contribution in [2.45, 2.75) is 120 Å². The van der Waals surface area contributed by atoms with Crippen LogP contribution in [-0.4, -0.2) is 63.2 Å². The highest BCUT2D eigenvalue weighted by Gasteiger charge is 2.28. The third-order valence-electron chi connectivity index (χ3n) is 8.86. The van der Waals surface area contributed by atoms with Gasteiger partial charge in [0, 0.05) is 46.4 Å². The highest BCUT2D eigenvalue weighted by atomic mass is 16.6. The fraction of sp³-hybridized carbons (Fsp3) is 0.488. The van der Waals surface area contributed by atoms with Crippen molar-refractivity contribution in [1.29, 1.82) is 0 Å². The summed E-state index contributed by atoms with van der Waals surface area (Å²) in [5.41, 5.74) is 3.94. The highest BCUT2D eigenvalue weighted by molar-refractivity contribution is 6.01. The molecule has 0 aliphatic heterocycles. The van der Waals surface area contributed by atoms with Crippen LogP contribution in [-0.2, 0) is 44.6 Å². The van der Waals surface area contributed by atoms with Gasteiger partial charge in [0.25, 0.3) is 0 Å². The molecule has 4 rings (SSSR count). The number of aromatic nitrogens is 3. The Kier molecular flexibility index (Phi) is 12.2. The normalized spacial score (nSPS) is 11.8. The van der Waals surface area contributed by atoms with Crippen LogP contribution >= 0.6 is 0 Å². The summed E-state index contributed by atoms with van der Waals surface area (Å²) < 4.78 is 21.9. The lowest BCUT2D eigenvalue weighted by molar-refractivity contribution is 0.00501. The fourth-order valence-electron chi connectivity index (χ4n) is 6.61. The van der Waals surface area contributed by atoms with Gasteiger partial charge in [-0.05, 0) is 116 Å². The van der Waals surface area contributed by atoms with E-state index in [0.717, 1.165) is 33.6 Å². The van der Waals surface area contributed by atoms with E-state index in [-0.39, 0.29) is 37.2 Å². The summed E-state index contributed by atoms with van der Waals surface area (Å²) in [6, 6.07) is 2.91. The van der Waals surface area contributed by atoms with Crippen LogP contribution in [0.2, 0.25) is 0 Å². The molecular weight excluding hydrogens is 678 g/mol. The Bertz CT molecular complexity index is 1970. The maximum absolute atomic E-state index is 13.9. The van der Waals surface area contributed by atoms with Gasteiger partial charge in [-0.25, -0.2) is 19.2 Å². The number of H-pyrrole nitrogens is 3. The number of hydrogen-bond donors (Lipinski definition) is 3. The first-order valence-electron chi connectivity index (χ1n) is 18.2. The molecule has 0 unspecified atom stereocenters. The van der Waals surface area contributed by atoms with Crippen molar-refractivity contribution in [3.63, 3.8) is 0 Å². The predicted octanol–water partition coefficient (Wildman–Crippen LogP) is 7.37. The number of esters is 4. The maximum Gasteiger partial charge on any atom is 0.355 e. The van der Waals surface area contributed by atoms with E-state index in [0.29, 0.717) is 46.4 Å². The minimum absolute atomic E-state index is 0.0149. The van der Waals surface area contributed by atoms with Crippen molar-refractivity contribution >= 4 is 34.6 Å². The molecule has 0 bridgehead atoms. The Balaban J connectivity index is 2.03. The Labute approximate surface area is 310 Å². The SMILES string of the molecule is CCOC(=O)c1cc2c(Cc3[nH]c(C(=O)OC(C)(C)C)c(C)c3CC)[nH]c(Cc3[nH]c(C(=O)OC(C)(C)C)c(C)c3CC)c2cc(C(=O)OCC)c1=O. The smallest absolute Gasteiger partial charge is 0.355 e. The van der Waals surface area contributed by atoms with Crippen LogP contribution in [0.5, 0.6) is 0 Å². The molecule has 12 nitrogen and oxygen atoms in total. The van der Waals surface area contributed by atoms with E-state index in [1.165, 1.54) is 12.1 Å². The summed E-state index contributed by atoms with van der Waals surface area (Å²) in [5.74, 6) is -2.70. The van der Waals surface area contributed by atoms with Gasteiger partial charge in [0.1, 0.15) is 33.7 Å². The van der Waals surface area contributed by atoms with Crippen LogP contribution in [0.4, 0.5) is 0 Å². The molecule has 0 aliphatic rings. The van der Waals surface area contributed by atoms with Crippen molar-refractivity contribution in [3.8, 4) is 0 Å². The van der Waals surface area contributed by atoms with Gasteiger partial charge in [-0.1, -0.05) is 13.8 Å². The molecule has 12 heteroatoms. The second-order valence-corrected chi connectivity index (χ2v) is 15.0. The molecule has 0 spiro atoms. The van der Waals surface area contributed by atoms with Crippen molar-refractivity contribution < 1.29 is 38.1 Å². The van der Waals surface area contributed by atoms with E-state index in [1.807, 2.05) is 27.7 Å². The van der Waals surface area contributed by atoms with Crippen molar-refractivity contribution in [2.24, 2.45) is 0 Å². The number of ether oxygens (including phenoxy) is 4. The molecule has 3 heterocycles. The third-order valence-corrected chi connectivity index (χ3v) is 8.86. The summed E-state index contributed by atoms with van der Waals surface area (Å²) >= 11 is 0. The largest absolute Gasteiger partial charge is 0.462 e. The zero-order valence-corrected chi connectivity index (χ0v) is 33.1. The molecule has 0 saturated carbocycles. The lowest BCUT2D eigenvalue weighted by Crippen LogP contribution is -2.24. The molecule has 0 radical (unpaired) electrons. The van der Waals surface area contributed by atoms with Gasteiger partial charge in [-0.15, -0.1) is 0 Å². The summed E-state index contributed by atoms with van der Waals surface area (Å²) in [4.78, 5) is 77.1. The van der Waals surface area contributed by atoms with E-state index in [9.17, 15) is 24.0 Å². The quantitative estimate of drug-likeness (QED) is 0.0995. The lowest BCUT2D eigenvalue weighted by Gasteiger charge is -2.19. The number of carbonyl (C=O) groups is 4. The number of rotatable bonds is 12. The first-order chi connectivity index (χ1) is 24.7. The van der Waals surface area contributed by atoms with E-state index >= 15 is 0 Å². The molecule has 1 aromatic carbocycles. The molecule has 286 valence electrons. The topological polar surface area (TPSA) is 170 Å². The van der Waals surface area contributed by atoms with Gasteiger partial charge in [-0.3, -0.25) is 4.79 Å². The van der Waals surface area contributed by atoms with Crippen LogP contribution in [0.25, 0.3) is 10.8 Å². The molecule has 53 heavy (non-hydrogen) atoms. The molecular formula is C41H53N3O9. The zero-order chi connectivity index (χ0) is 39.6. The number of fused-ring (bicyclic) bond motifs is 1. The standard InChI is InChI=1S/C41H53N3O9/c1-13-23-21(5)33(38(48)52-40(7,8)9)43-29(23)19-31-25-17-27(36(46)50-15-3)35(45)28(37(47)51-16-4)18-26(25)32(42-31)20-30-24(14-2)22(6)34(44-30)39(49)53-41(10,11)12/h17-18,42-44H,13-16,19-20H2,1-12H3. The molecule has 4 aromatic rings. The van der Waals surface area contributed by atoms with Gasteiger partial charge >= 0.3 is 23.9 Å². The number of hydrogen-bond acceptors (Lipinski definition) is 9. The fourth-order valence-corrected chi connectivity index (χ4v) is 6.61. The van der Waals surface area contributed by atoms with Gasteiger partial charge in [0.05, 0.1) is 13.2 Å². The van der Waals surface area contributed by atoms with Gasteiger partial charge in [0.15, 0.2) is 0 Å². The lowest BCUT2D eigenvalue weighted by atomic mass is 10.0. The van der Waals surface area contributed by atoms with E-state index in [2.05, 4.69) is 15.0 Å². The van der Waals surface area contributed by atoms with Crippen LogP contribution in [0, 0.1) is 13.8 Å². The van der Waals surface area contributed by atoms with E-state index < -0.39 is 40.5 Å². The molecule has 0 saturated heterocycles. The Morgan fingerprint density at radius 3 is 1.23 bits per heavy atom. The van der Waals surface area contributed by atoms with Crippen molar-refractivity contribution in [3.05, 3.63) is 89.9 Å². The van der Waals surface area contributed by atoms with Crippen molar-refractivity contribution in [2.75, 3.05) is 13.2 Å². The average Bonchev–Trinajstić information content (AvgIpc) is 3.61. The minimum atomic E-state index is -0.873. The Morgan fingerprint density at radius 1 is 0.566 bits per heavy atom. The third kappa shape index (κ3) is 8.92. The Morgan fingerprint density at radius 2 is 0.925 bits per heavy atom. The van der Waals surface area contributed by atoms with Crippen LogP contribution in [0.1, 0.15) is 156 Å². The van der Waals surface area contributed by atoms with Crippen LogP contribution < -0.4 is 5.43 Å². The Hall–Kier alpha value is -5.13. The summed E-state index contributed by atoms with van der Waals surface area (Å²) in [7, 11) is 0. The first kappa shape index (κ1) is 40.6. The molecule has 3 N–H and O–H groups in total. The van der Waals surface area contributed by atoms with Crippen LogP contribution in [0.15, 0.2) is 16.9 Å². The first-order valence-corrected chi connectivity index (χ1v) is 18.2. The molecule has 0 aliphatic carbocycles. The second-order valence-electron chi connectivity index (χ2n) is 15.0. The molecule has 0 fully saturated rings. The summed E-state index contributed by atoms with van der Waals surface area (Å²) in [5, 5.41) is 0.995. The minimum Gasteiger partial charge on any atom is -0.462 e. The number of carbonyl (C=O) groups excluding carboxylic acids is 4. The van der Waals surface area contributed by atoms with E-state index in [4.69, 9.17) is 18.9 Å². The second kappa shape index (κ2) is 15.9. The maximum atomic E-state index is 13.9.